The van der Waals surface area contributed by atoms with Gasteiger partial charge in [-0.25, -0.2) is 0 Å². The highest BCUT2D eigenvalue weighted by molar-refractivity contribution is 5.82. The number of ether oxygens (including phenoxy) is 4. The van der Waals surface area contributed by atoms with Crippen LogP contribution in [0.15, 0.2) is 18.2 Å². The van der Waals surface area contributed by atoms with E-state index in [9.17, 15) is 4.79 Å². The molecular weight excluding hydrogens is 382 g/mol. The second-order valence-electron chi connectivity index (χ2n) is 9.76. The number of nitrogens with zero attached hydrogens (tertiary/aromatic N) is 1. The van der Waals surface area contributed by atoms with Crippen molar-refractivity contribution in [1.82, 2.24) is 4.90 Å². The molecule has 1 aliphatic carbocycles. The van der Waals surface area contributed by atoms with Gasteiger partial charge in [-0.15, -0.1) is 0 Å². The van der Waals surface area contributed by atoms with Crippen molar-refractivity contribution in [3.05, 3.63) is 23.8 Å². The van der Waals surface area contributed by atoms with Gasteiger partial charge in [-0.3, -0.25) is 4.79 Å². The maximum atomic E-state index is 13.1. The molecule has 2 heterocycles. The molecule has 3 aliphatic rings. The number of rotatable bonds is 7. The predicted molar refractivity (Wildman–Crippen MR) is 114 cm³/mol. The Balaban J connectivity index is 1.53. The van der Waals surface area contributed by atoms with E-state index in [2.05, 4.69) is 26.0 Å². The summed E-state index contributed by atoms with van der Waals surface area (Å²) in [5, 5.41) is 0. The van der Waals surface area contributed by atoms with Gasteiger partial charge in [0.15, 0.2) is 23.4 Å². The first kappa shape index (κ1) is 21.4. The number of carbonyl (C=O) groups is 1. The van der Waals surface area contributed by atoms with Gasteiger partial charge in [-0.2, -0.15) is 0 Å². The first-order valence-electron chi connectivity index (χ1n) is 11.2. The smallest absolute Gasteiger partial charge is 0.254 e. The minimum Gasteiger partial charge on any atom is -0.493 e. The van der Waals surface area contributed by atoms with Crippen LogP contribution in [0.4, 0.5) is 0 Å². The van der Waals surface area contributed by atoms with Gasteiger partial charge in [-0.1, -0.05) is 19.9 Å². The van der Waals surface area contributed by atoms with E-state index in [4.69, 9.17) is 18.9 Å². The van der Waals surface area contributed by atoms with Crippen LogP contribution >= 0.6 is 0 Å². The molecule has 3 atom stereocenters. The van der Waals surface area contributed by atoms with Gasteiger partial charge < -0.3 is 23.8 Å². The molecule has 0 spiro atoms. The molecular formula is C24H35NO5. The summed E-state index contributed by atoms with van der Waals surface area (Å²) in [6.45, 7) is 10.6. The van der Waals surface area contributed by atoms with E-state index in [-0.39, 0.29) is 17.2 Å². The standard InChI is InChI=1S/C24H35NO5/c1-6-24(4)15-25(22(26)21-14-29-23(2,3)30-21)12-18(24)17-9-10-19(27-5)20(11-17)28-13-16-7-8-16/h9-11,16,18,21H,6-8,12-15H2,1-5H3/t18-,21-,24+/m0/s1. The second kappa shape index (κ2) is 8.04. The minimum absolute atomic E-state index is 0.00695. The Labute approximate surface area is 179 Å². The van der Waals surface area contributed by atoms with Crippen LogP contribution in [0, 0.1) is 11.3 Å². The number of hydrogen-bond acceptors (Lipinski definition) is 5. The van der Waals surface area contributed by atoms with E-state index in [1.165, 1.54) is 18.4 Å². The first-order chi connectivity index (χ1) is 14.2. The maximum absolute atomic E-state index is 13.1. The van der Waals surface area contributed by atoms with E-state index in [0.717, 1.165) is 31.1 Å². The van der Waals surface area contributed by atoms with Crippen LogP contribution in [0.2, 0.25) is 0 Å². The van der Waals surface area contributed by atoms with E-state index in [1.807, 2.05) is 24.8 Å². The fourth-order valence-corrected chi connectivity index (χ4v) is 4.61. The third-order valence-corrected chi connectivity index (χ3v) is 6.96. The zero-order valence-corrected chi connectivity index (χ0v) is 18.9. The average Bonchev–Trinajstić information content (AvgIpc) is 3.39. The van der Waals surface area contributed by atoms with Gasteiger partial charge >= 0.3 is 0 Å². The Kier molecular flexibility index (Phi) is 5.75. The van der Waals surface area contributed by atoms with Gasteiger partial charge in [0.2, 0.25) is 0 Å². The van der Waals surface area contributed by atoms with E-state index < -0.39 is 11.9 Å². The molecule has 0 aromatic heterocycles. The van der Waals surface area contributed by atoms with Crippen LogP contribution in [0.3, 0.4) is 0 Å². The minimum atomic E-state index is -0.697. The van der Waals surface area contributed by atoms with Crippen molar-refractivity contribution in [3.63, 3.8) is 0 Å². The van der Waals surface area contributed by atoms with Gasteiger partial charge in [0.05, 0.1) is 20.3 Å². The molecule has 0 radical (unpaired) electrons. The summed E-state index contributed by atoms with van der Waals surface area (Å²) in [4.78, 5) is 15.1. The Morgan fingerprint density at radius 1 is 1.23 bits per heavy atom. The molecule has 6 heteroatoms. The van der Waals surface area contributed by atoms with Crippen LogP contribution in [-0.2, 0) is 14.3 Å². The summed E-state index contributed by atoms with van der Waals surface area (Å²) in [6, 6.07) is 6.23. The molecule has 1 amide bonds. The normalized spacial score (nSPS) is 30.5. The second-order valence-corrected chi connectivity index (χ2v) is 9.76. The Morgan fingerprint density at radius 3 is 2.60 bits per heavy atom. The lowest BCUT2D eigenvalue weighted by Crippen LogP contribution is -2.40. The van der Waals surface area contributed by atoms with Crippen molar-refractivity contribution in [3.8, 4) is 11.5 Å². The molecule has 1 aromatic rings. The molecule has 0 unspecified atom stereocenters. The fourth-order valence-electron chi connectivity index (χ4n) is 4.61. The monoisotopic (exact) mass is 417 g/mol. The Hall–Kier alpha value is -1.79. The van der Waals surface area contributed by atoms with Crippen LogP contribution in [-0.4, -0.2) is 56.1 Å². The lowest BCUT2D eigenvalue weighted by molar-refractivity contribution is -0.159. The fraction of sp³-hybridized carbons (Fsp3) is 0.708. The van der Waals surface area contributed by atoms with Gasteiger partial charge in [0, 0.05) is 19.0 Å². The molecule has 30 heavy (non-hydrogen) atoms. The van der Waals surface area contributed by atoms with Gasteiger partial charge in [0.25, 0.3) is 5.91 Å². The van der Waals surface area contributed by atoms with E-state index in [0.29, 0.717) is 19.1 Å². The lowest BCUT2D eigenvalue weighted by atomic mass is 9.74. The predicted octanol–water partition coefficient (Wildman–Crippen LogP) is 3.98. The van der Waals surface area contributed by atoms with Crippen molar-refractivity contribution >= 4 is 5.91 Å². The topological polar surface area (TPSA) is 57.2 Å². The number of amides is 1. The summed E-state index contributed by atoms with van der Waals surface area (Å²) in [6.07, 6.45) is 2.96. The van der Waals surface area contributed by atoms with Gasteiger partial charge in [-0.05, 0) is 62.1 Å². The third-order valence-electron chi connectivity index (χ3n) is 6.96. The SMILES string of the molecule is CC[C@]1(C)CN(C(=O)[C@@H]2COC(C)(C)O2)C[C@H]1c1ccc(OC)c(OCC2CC2)c1. The van der Waals surface area contributed by atoms with E-state index in [1.54, 1.807) is 7.11 Å². The number of hydrogen-bond donors (Lipinski definition) is 0. The summed E-state index contributed by atoms with van der Waals surface area (Å²) >= 11 is 0. The molecule has 6 nitrogen and oxygen atoms in total. The number of carbonyl (C=O) groups excluding carboxylic acids is 1. The number of likely N-dealkylation sites (tertiary alicyclic amines) is 1. The van der Waals surface area contributed by atoms with Crippen molar-refractivity contribution in [2.24, 2.45) is 11.3 Å². The summed E-state index contributed by atoms with van der Waals surface area (Å²) < 4.78 is 23.1. The van der Waals surface area contributed by atoms with Crippen molar-refractivity contribution in [1.29, 1.82) is 0 Å². The van der Waals surface area contributed by atoms with Gasteiger partial charge in [0.1, 0.15) is 0 Å². The molecule has 2 saturated heterocycles. The third kappa shape index (κ3) is 4.30. The Bertz CT molecular complexity index is 790. The number of benzene rings is 1. The highest BCUT2D eigenvalue weighted by Gasteiger charge is 2.47. The molecule has 4 rings (SSSR count). The molecule has 166 valence electrons. The summed E-state index contributed by atoms with van der Waals surface area (Å²) in [5.41, 5.74) is 1.19. The summed E-state index contributed by atoms with van der Waals surface area (Å²) in [7, 11) is 1.68. The Morgan fingerprint density at radius 2 is 2.00 bits per heavy atom. The zero-order valence-electron chi connectivity index (χ0n) is 18.9. The summed E-state index contributed by atoms with van der Waals surface area (Å²) in [5.74, 6) is 1.81. The quantitative estimate of drug-likeness (QED) is 0.672. The van der Waals surface area contributed by atoms with Crippen LogP contribution in [0.1, 0.15) is 58.4 Å². The van der Waals surface area contributed by atoms with E-state index >= 15 is 0 Å². The lowest BCUT2D eigenvalue weighted by Gasteiger charge is -2.29. The molecule has 2 aliphatic heterocycles. The molecule has 1 saturated carbocycles. The van der Waals surface area contributed by atoms with Crippen LogP contribution in [0.5, 0.6) is 11.5 Å². The molecule has 0 N–H and O–H groups in total. The highest BCUT2D eigenvalue weighted by atomic mass is 16.7. The van der Waals surface area contributed by atoms with Crippen LogP contribution in [0.25, 0.3) is 0 Å². The highest BCUT2D eigenvalue weighted by Crippen LogP contribution is 2.47. The molecule has 3 fully saturated rings. The van der Waals surface area contributed by atoms with Crippen molar-refractivity contribution in [2.75, 3.05) is 33.4 Å². The maximum Gasteiger partial charge on any atom is 0.254 e. The number of methoxy groups -OCH3 is 1. The first-order valence-corrected chi connectivity index (χ1v) is 11.2. The zero-order chi connectivity index (χ0) is 21.5. The van der Waals surface area contributed by atoms with Crippen molar-refractivity contribution < 1.29 is 23.7 Å². The van der Waals surface area contributed by atoms with Crippen LogP contribution < -0.4 is 9.47 Å². The van der Waals surface area contributed by atoms with Crippen molar-refractivity contribution in [2.45, 2.75) is 64.8 Å². The average molecular weight is 418 g/mol. The molecule has 1 aromatic carbocycles. The largest absolute Gasteiger partial charge is 0.493 e. The molecule has 0 bridgehead atoms.